The number of carbonyl (C=O) groups excluding carboxylic acids is 5. The monoisotopic (exact) mass is 417 g/mol. The van der Waals surface area contributed by atoms with Crippen LogP contribution in [0.5, 0.6) is 0 Å². The van der Waals surface area contributed by atoms with Crippen LogP contribution in [0.4, 0.5) is 4.79 Å². The summed E-state index contributed by atoms with van der Waals surface area (Å²) < 4.78 is 5.02. The number of H-pyrrole nitrogens is 1. The second-order valence-corrected chi connectivity index (χ2v) is 7.95. The van der Waals surface area contributed by atoms with Gasteiger partial charge in [-0.25, -0.2) is 14.5 Å². The van der Waals surface area contributed by atoms with Crippen molar-refractivity contribution in [3.63, 3.8) is 0 Å². The Hall–Kier alpha value is -2.97. The normalized spacial score (nSPS) is 22.1. The Morgan fingerprint density at radius 1 is 1.10 bits per heavy atom. The van der Waals surface area contributed by atoms with Gasteiger partial charge >= 0.3 is 23.8 Å². The van der Waals surface area contributed by atoms with Crippen LogP contribution in [0, 0.1) is 19.8 Å². The van der Waals surface area contributed by atoms with Gasteiger partial charge in [0.1, 0.15) is 0 Å². The second-order valence-electron chi connectivity index (χ2n) is 7.95. The van der Waals surface area contributed by atoms with E-state index in [1.54, 1.807) is 20.8 Å². The molecule has 1 aromatic heterocycles. The largest absolute Gasteiger partial charge is 0.462 e. The number of imide groups is 2. The van der Waals surface area contributed by atoms with Crippen molar-refractivity contribution in [2.24, 2.45) is 5.92 Å². The van der Waals surface area contributed by atoms with Crippen LogP contribution in [-0.4, -0.2) is 63.6 Å². The number of ketones is 1. The predicted octanol–water partition coefficient (Wildman–Crippen LogP) is 2.36. The lowest BCUT2D eigenvalue weighted by Gasteiger charge is -2.34. The summed E-state index contributed by atoms with van der Waals surface area (Å²) in [6.07, 6.45) is 3.45. The summed E-state index contributed by atoms with van der Waals surface area (Å²) in [5, 5.41) is 0. The molecule has 9 nitrogen and oxygen atoms in total. The third kappa shape index (κ3) is 3.64. The van der Waals surface area contributed by atoms with Crippen molar-refractivity contribution in [1.29, 1.82) is 0 Å². The Morgan fingerprint density at radius 3 is 2.40 bits per heavy atom. The fraction of sp³-hybridized carbons (Fsp3) is 0.571. The first-order valence-corrected chi connectivity index (χ1v) is 10.3. The molecular formula is C21H27N3O6. The summed E-state index contributed by atoms with van der Waals surface area (Å²) in [4.78, 5) is 67.4. The molecule has 2 heterocycles. The Morgan fingerprint density at radius 2 is 1.77 bits per heavy atom. The van der Waals surface area contributed by atoms with Gasteiger partial charge in [-0.2, -0.15) is 0 Å². The molecule has 0 radical (unpaired) electrons. The van der Waals surface area contributed by atoms with Gasteiger partial charge in [-0.3, -0.25) is 19.3 Å². The van der Waals surface area contributed by atoms with E-state index in [0.29, 0.717) is 22.6 Å². The number of Topliss-reactive ketones (excluding diaryl/α,β-unsaturated/α-hetero) is 1. The molecule has 0 spiro atoms. The summed E-state index contributed by atoms with van der Waals surface area (Å²) >= 11 is 0. The number of nitrogens with zero attached hydrogens (tertiary/aromatic N) is 2. The molecule has 9 heteroatoms. The molecule has 3 rings (SSSR count). The van der Waals surface area contributed by atoms with E-state index in [9.17, 15) is 24.0 Å². The molecule has 0 aromatic carbocycles. The zero-order valence-corrected chi connectivity index (χ0v) is 17.7. The highest BCUT2D eigenvalue weighted by atomic mass is 16.5. The minimum Gasteiger partial charge on any atom is -0.462 e. The molecule has 4 amide bonds. The second kappa shape index (κ2) is 8.41. The number of aromatic amines is 1. The number of nitrogens with one attached hydrogen (secondary N) is 1. The molecule has 2 fully saturated rings. The van der Waals surface area contributed by atoms with Gasteiger partial charge in [0, 0.05) is 11.7 Å². The molecule has 0 unspecified atom stereocenters. The SMILES string of the molecule is CCOC(=O)c1c(C)[nH]c(C(=O)CN2C(=O)C(=O)N([C@H]3CCCC[C@H]3C)C2=O)c1C. The number of urea groups is 1. The number of aromatic nitrogens is 1. The van der Waals surface area contributed by atoms with Crippen molar-refractivity contribution in [2.75, 3.05) is 13.2 Å². The number of rotatable bonds is 6. The molecule has 1 aromatic rings. The third-order valence-electron chi connectivity index (χ3n) is 5.98. The van der Waals surface area contributed by atoms with E-state index in [2.05, 4.69) is 4.98 Å². The predicted molar refractivity (Wildman–Crippen MR) is 106 cm³/mol. The molecule has 2 aliphatic rings. The van der Waals surface area contributed by atoms with E-state index in [4.69, 9.17) is 4.74 Å². The lowest BCUT2D eigenvalue weighted by atomic mass is 9.85. The molecule has 1 aliphatic carbocycles. The number of hydrogen-bond acceptors (Lipinski definition) is 6. The number of ether oxygens (including phenoxy) is 1. The van der Waals surface area contributed by atoms with Gasteiger partial charge in [0.25, 0.3) is 0 Å². The summed E-state index contributed by atoms with van der Waals surface area (Å²) in [7, 11) is 0. The lowest BCUT2D eigenvalue weighted by Crippen LogP contribution is -2.46. The Labute approximate surface area is 174 Å². The quantitative estimate of drug-likeness (QED) is 0.329. The van der Waals surface area contributed by atoms with Crippen molar-refractivity contribution in [3.8, 4) is 0 Å². The zero-order valence-electron chi connectivity index (χ0n) is 17.7. The summed E-state index contributed by atoms with van der Waals surface area (Å²) in [5.74, 6) is -2.87. The first kappa shape index (κ1) is 21.7. The van der Waals surface area contributed by atoms with Gasteiger partial charge in [0.2, 0.25) is 0 Å². The molecule has 1 saturated carbocycles. The van der Waals surface area contributed by atoms with Gasteiger partial charge in [-0.15, -0.1) is 0 Å². The maximum absolute atomic E-state index is 12.9. The average Bonchev–Trinajstić information content (AvgIpc) is 3.10. The molecule has 0 bridgehead atoms. The van der Waals surface area contributed by atoms with Crippen LogP contribution >= 0.6 is 0 Å². The Kier molecular flexibility index (Phi) is 6.09. The lowest BCUT2D eigenvalue weighted by molar-refractivity contribution is -0.144. The van der Waals surface area contributed by atoms with Gasteiger partial charge < -0.3 is 9.72 Å². The standard InChI is InChI=1S/C21H27N3O6/c1-5-30-20(28)16-12(3)17(22-13(16)4)15(25)10-23-18(26)19(27)24(21(23)29)14-9-7-6-8-11(14)2/h11,14,22H,5-10H2,1-4H3/t11-,14+/m1/s1. The van der Waals surface area contributed by atoms with Crippen molar-refractivity contribution in [2.45, 2.75) is 59.4 Å². The highest BCUT2D eigenvalue weighted by Crippen LogP contribution is 2.31. The maximum Gasteiger partial charge on any atom is 0.340 e. The Bertz CT molecular complexity index is 918. The number of hydrogen-bond donors (Lipinski definition) is 1. The first-order chi connectivity index (χ1) is 14.2. The number of aryl methyl sites for hydroxylation is 1. The molecule has 1 aliphatic heterocycles. The smallest absolute Gasteiger partial charge is 0.340 e. The van der Waals surface area contributed by atoms with Gasteiger partial charge in [0.15, 0.2) is 5.78 Å². The van der Waals surface area contributed by atoms with Crippen LogP contribution < -0.4 is 0 Å². The highest BCUT2D eigenvalue weighted by Gasteiger charge is 2.49. The molecule has 2 atom stereocenters. The average molecular weight is 417 g/mol. The number of amides is 4. The van der Waals surface area contributed by atoms with E-state index in [1.807, 2.05) is 6.92 Å². The van der Waals surface area contributed by atoms with Crippen LogP contribution in [0.15, 0.2) is 0 Å². The zero-order chi connectivity index (χ0) is 22.2. The number of carbonyl (C=O) groups is 5. The topological polar surface area (TPSA) is 117 Å². The Balaban J connectivity index is 1.81. The maximum atomic E-state index is 12.9. The van der Waals surface area contributed by atoms with Gasteiger partial charge in [0.05, 0.1) is 24.4 Å². The highest BCUT2D eigenvalue weighted by molar-refractivity contribution is 6.45. The molecule has 1 N–H and O–H groups in total. The van der Waals surface area contributed by atoms with Crippen molar-refractivity contribution >= 4 is 29.6 Å². The molecule has 30 heavy (non-hydrogen) atoms. The fourth-order valence-electron chi connectivity index (χ4n) is 4.40. The van der Waals surface area contributed by atoms with Crippen LogP contribution in [0.25, 0.3) is 0 Å². The van der Waals surface area contributed by atoms with Crippen molar-refractivity contribution in [3.05, 3.63) is 22.5 Å². The van der Waals surface area contributed by atoms with Crippen LogP contribution in [-0.2, 0) is 14.3 Å². The van der Waals surface area contributed by atoms with E-state index >= 15 is 0 Å². The van der Waals surface area contributed by atoms with E-state index in [-0.39, 0.29) is 29.8 Å². The number of esters is 1. The van der Waals surface area contributed by atoms with E-state index < -0.39 is 36.1 Å². The van der Waals surface area contributed by atoms with Crippen LogP contribution in [0.2, 0.25) is 0 Å². The molecular weight excluding hydrogens is 390 g/mol. The van der Waals surface area contributed by atoms with Crippen LogP contribution in [0.1, 0.15) is 71.6 Å². The molecule has 1 saturated heterocycles. The third-order valence-corrected chi connectivity index (χ3v) is 5.98. The summed E-state index contributed by atoms with van der Waals surface area (Å²) in [6.45, 7) is 6.51. The van der Waals surface area contributed by atoms with Gasteiger partial charge in [-0.1, -0.05) is 19.8 Å². The van der Waals surface area contributed by atoms with Crippen molar-refractivity contribution in [1.82, 2.24) is 14.8 Å². The summed E-state index contributed by atoms with van der Waals surface area (Å²) in [5.41, 5.74) is 1.22. The van der Waals surface area contributed by atoms with E-state index in [0.717, 1.165) is 24.2 Å². The minimum absolute atomic E-state index is 0.107. The summed E-state index contributed by atoms with van der Waals surface area (Å²) in [6, 6.07) is -1.07. The fourth-order valence-corrected chi connectivity index (χ4v) is 4.40. The molecule has 162 valence electrons. The van der Waals surface area contributed by atoms with Crippen LogP contribution in [0.3, 0.4) is 0 Å². The van der Waals surface area contributed by atoms with Gasteiger partial charge in [-0.05, 0) is 45.1 Å². The van der Waals surface area contributed by atoms with Crippen molar-refractivity contribution < 1.29 is 28.7 Å². The first-order valence-electron chi connectivity index (χ1n) is 10.3. The minimum atomic E-state index is -0.988. The van der Waals surface area contributed by atoms with E-state index in [1.165, 1.54) is 0 Å².